The van der Waals surface area contributed by atoms with Crippen molar-refractivity contribution in [2.24, 2.45) is 0 Å². The molecule has 6 heteroatoms. The van der Waals surface area contributed by atoms with Crippen molar-refractivity contribution in [3.05, 3.63) is 0 Å². The van der Waals surface area contributed by atoms with Gasteiger partial charge in [0.05, 0.1) is 19.0 Å². The number of unbranched alkanes of at least 4 members (excludes halogenated alkanes) is 24. The molecule has 0 aromatic carbocycles. The zero-order valence-corrected chi connectivity index (χ0v) is 26.8. The summed E-state index contributed by atoms with van der Waals surface area (Å²) in [5.74, 6) is 0.162. The summed E-state index contributed by atoms with van der Waals surface area (Å²) in [7, 11) is 0.407. The van der Waals surface area contributed by atoms with Gasteiger partial charge in [0.25, 0.3) is 10.1 Å². The second-order valence-corrected chi connectivity index (χ2v) is 12.9. The van der Waals surface area contributed by atoms with Crippen molar-refractivity contribution in [3.63, 3.8) is 0 Å². The van der Waals surface area contributed by atoms with Gasteiger partial charge in [0.1, 0.15) is 0 Å². The minimum Gasteiger partial charge on any atom is -0.323 e. The Morgan fingerprint density at radius 3 is 1.13 bits per heavy atom. The van der Waals surface area contributed by atoms with E-state index in [2.05, 4.69) is 12.2 Å². The fraction of sp³-hybridized carbons (Fsp3) is 1.00. The third-order valence-corrected chi connectivity index (χ3v) is 8.35. The van der Waals surface area contributed by atoms with Crippen LogP contribution < -0.4 is 5.32 Å². The summed E-state index contributed by atoms with van der Waals surface area (Å²) in [4.78, 5) is 0. The van der Waals surface area contributed by atoms with E-state index in [1.165, 1.54) is 116 Å². The van der Waals surface area contributed by atoms with Gasteiger partial charge < -0.3 is 5.32 Å². The highest BCUT2D eigenvalue weighted by molar-refractivity contribution is 7.86. The van der Waals surface area contributed by atoms with Crippen LogP contribution in [0.2, 0.25) is 0 Å². The van der Waals surface area contributed by atoms with Crippen molar-refractivity contribution in [3.8, 4) is 0 Å². The van der Waals surface area contributed by atoms with E-state index < -0.39 is 10.1 Å². The van der Waals surface area contributed by atoms with Crippen LogP contribution in [-0.4, -0.2) is 41.5 Å². The molecule has 0 atom stereocenters. The van der Waals surface area contributed by atoms with Crippen molar-refractivity contribution in [1.29, 1.82) is 0 Å². The largest absolute Gasteiger partial charge is 0.323 e. The number of halogens is 1. The van der Waals surface area contributed by atoms with Crippen LogP contribution in [0.15, 0.2) is 0 Å². The standard InChI is InChI=1S/C30H61FO3S.C2H7N/c1-2-3-4-5-6-7-8-9-10-11-12-14-17-20-23-26-29-34-35(32,33)30-27-24-21-18-15-13-16-19-22-25-28-31;1-3-2/h2-30H2,1H3;3H,1-2H3. The zero-order valence-electron chi connectivity index (χ0n) is 26.0. The molecule has 0 aliphatic heterocycles. The summed E-state index contributed by atoms with van der Waals surface area (Å²) in [6.07, 6.45) is 31.5. The summed E-state index contributed by atoms with van der Waals surface area (Å²) in [5.41, 5.74) is 0. The van der Waals surface area contributed by atoms with Crippen molar-refractivity contribution in [2.45, 2.75) is 174 Å². The van der Waals surface area contributed by atoms with Crippen LogP contribution in [0.1, 0.15) is 174 Å². The quantitative estimate of drug-likeness (QED) is 0.0695. The lowest BCUT2D eigenvalue weighted by Crippen LogP contribution is -2.11. The maximum absolute atomic E-state index is 12.0. The van der Waals surface area contributed by atoms with E-state index in [0.29, 0.717) is 19.4 Å². The van der Waals surface area contributed by atoms with E-state index in [9.17, 15) is 12.8 Å². The fourth-order valence-electron chi connectivity index (χ4n) is 4.68. The van der Waals surface area contributed by atoms with E-state index in [-0.39, 0.29) is 12.4 Å². The van der Waals surface area contributed by atoms with Gasteiger partial charge in [-0.1, -0.05) is 155 Å². The molecule has 0 unspecified atom stereocenters. The molecule has 0 bridgehead atoms. The zero-order chi connectivity index (χ0) is 28.4. The number of rotatable bonds is 30. The number of nitrogens with one attached hydrogen (secondary N) is 1. The van der Waals surface area contributed by atoms with E-state index in [0.717, 1.165) is 38.5 Å². The van der Waals surface area contributed by atoms with Gasteiger partial charge in [0, 0.05) is 0 Å². The van der Waals surface area contributed by atoms with Gasteiger partial charge in [-0.15, -0.1) is 0 Å². The van der Waals surface area contributed by atoms with Gasteiger partial charge in [0.2, 0.25) is 0 Å². The Kier molecular flexibility index (Phi) is 36.6. The molecule has 0 aromatic heterocycles. The maximum atomic E-state index is 12.0. The highest BCUT2D eigenvalue weighted by Gasteiger charge is 2.10. The lowest BCUT2D eigenvalue weighted by atomic mass is 10.0. The Bertz CT molecular complexity index is 517. The van der Waals surface area contributed by atoms with Crippen LogP contribution in [0.5, 0.6) is 0 Å². The Morgan fingerprint density at radius 1 is 0.500 bits per heavy atom. The fourth-order valence-corrected chi connectivity index (χ4v) is 5.73. The van der Waals surface area contributed by atoms with Crippen molar-refractivity contribution in [1.82, 2.24) is 5.32 Å². The van der Waals surface area contributed by atoms with Crippen molar-refractivity contribution >= 4 is 10.1 Å². The maximum Gasteiger partial charge on any atom is 0.267 e. The molecule has 0 saturated heterocycles. The minimum absolute atomic E-state index is 0.162. The van der Waals surface area contributed by atoms with Gasteiger partial charge in [-0.2, -0.15) is 8.42 Å². The molecule has 4 nitrogen and oxygen atoms in total. The van der Waals surface area contributed by atoms with Crippen LogP contribution in [-0.2, 0) is 14.3 Å². The number of hydrogen-bond acceptors (Lipinski definition) is 4. The van der Waals surface area contributed by atoms with Crippen LogP contribution in [0, 0.1) is 0 Å². The average molecular weight is 566 g/mol. The molecule has 0 spiro atoms. The summed E-state index contributed by atoms with van der Waals surface area (Å²) in [6.45, 7) is 2.44. The first-order chi connectivity index (χ1) is 18.5. The Hall–Kier alpha value is -0.200. The lowest BCUT2D eigenvalue weighted by molar-refractivity contribution is 0.305. The molecular weight excluding hydrogens is 497 g/mol. The van der Waals surface area contributed by atoms with Crippen LogP contribution in [0.25, 0.3) is 0 Å². The number of hydrogen-bond donors (Lipinski definition) is 1. The van der Waals surface area contributed by atoms with Gasteiger partial charge in [0.15, 0.2) is 0 Å². The predicted octanol–water partition coefficient (Wildman–Crippen LogP) is 10.3. The second-order valence-electron chi connectivity index (χ2n) is 11.1. The summed E-state index contributed by atoms with van der Waals surface area (Å²) < 4.78 is 41.2. The topological polar surface area (TPSA) is 55.4 Å². The highest BCUT2D eigenvalue weighted by Crippen LogP contribution is 2.14. The molecule has 0 amide bonds. The summed E-state index contributed by atoms with van der Waals surface area (Å²) in [5, 5.41) is 2.75. The van der Waals surface area contributed by atoms with Gasteiger partial charge in [-0.25, -0.2) is 0 Å². The first kappa shape index (κ1) is 39.9. The molecular formula is C32H68FNO3S. The molecule has 1 N–H and O–H groups in total. The van der Waals surface area contributed by atoms with E-state index in [1.54, 1.807) is 0 Å². The first-order valence-electron chi connectivity index (χ1n) is 16.6. The number of alkyl halides is 1. The average Bonchev–Trinajstić information content (AvgIpc) is 2.89. The van der Waals surface area contributed by atoms with E-state index >= 15 is 0 Å². The molecule has 0 rings (SSSR count). The molecule has 0 saturated carbocycles. The Morgan fingerprint density at radius 2 is 0.789 bits per heavy atom. The summed E-state index contributed by atoms with van der Waals surface area (Å²) >= 11 is 0. The normalized spacial score (nSPS) is 11.5. The highest BCUT2D eigenvalue weighted by atomic mass is 32.2. The van der Waals surface area contributed by atoms with Crippen LogP contribution >= 0.6 is 0 Å². The summed E-state index contributed by atoms with van der Waals surface area (Å²) in [6, 6.07) is 0. The molecule has 0 aliphatic carbocycles. The molecule has 0 fully saturated rings. The monoisotopic (exact) mass is 565 g/mol. The molecule has 232 valence electrons. The Labute approximate surface area is 239 Å². The van der Waals surface area contributed by atoms with Gasteiger partial charge >= 0.3 is 0 Å². The van der Waals surface area contributed by atoms with Crippen molar-refractivity contribution < 1.29 is 17.0 Å². The third kappa shape index (κ3) is 37.9. The molecule has 0 aromatic rings. The molecule has 38 heavy (non-hydrogen) atoms. The second kappa shape index (κ2) is 34.8. The van der Waals surface area contributed by atoms with Gasteiger partial charge in [-0.3, -0.25) is 8.57 Å². The minimum atomic E-state index is -3.34. The SMILES string of the molecule is CCCCCCCCCCCCCCCCCCOS(=O)(=O)CCCCCCCCCCCCF.CNC. The smallest absolute Gasteiger partial charge is 0.267 e. The molecule has 0 heterocycles. The molecule has 0 radical (unpaired) electrons. The predicted molar refractivity (Wildman–Crippen MR) is 166 cm³/mol. The lowest BCUT2D eigenvalue weighted by Gasteiger charge is -2.06. The van der Waals surface area contributed by atoms with Crippen LogP contribution in [0.4, 0.5) is 4.39 Å². The van der Waals surface area contributed by atoms with E-state index in [4.69, 9.17) is 4.18 Å². The molecule has 0 aliphatic rings. The van der Waals surface area contributed by atoms with Crippen LogP contribution in [0.3, 0.4) is 0 Å². The third-order valence-electron chi connectivity index (χ3n) is 7.04. The van der Waals surface area contributed by atoms with Gasteiger partial charge in [-0.05, 0) is 33.4 Å². The van der Waals surface area contributed by atoms with Crippen molar-refractivity contribution in [2.75, 3.05) is 33.1 Å². The first-order valence-corrected chi connectivity index (χ1v) is 18.1. The Balaban J connectivity index is 0. The van der Waals surface area contributed by atoms with E-state index in [1.807, 2.05) is 14.1 Å².